The third-order valence-electron chi connectivity index (χ3n) is 1.58. The van der Waals surface area contributed by atoms with Gasteiger partial charge in [0.1, 0.15) is 0 Å². The van der Waals surface area contributed by atoms with Gasteiger partial charge in [-0.05, 0) is 35.9 Å². The summed E-state index contributed by atoms with van der Waals surface area (Å²) in [6.07, 6.45) is 5.27. The highest BCUT2D eigenvalue weighted by Crippen LogP contribution is 2.08. The summed E-state index contributed by atoms with van der Waals surface area (Å²) < 4.78 is 0. The minimum Gasteiger partial charge on any atom is -0.115 e. The summed E-state index contributed by atoms with van der Waals surface area (Å²) in [4.78, 5) is 0. The van der Waals surface area contributed by atoms with Gasteiger partial charge in [-0.2, -0.15) is 0 Å². The minimum absolute atomic E-state index is 0.916. The Kier molecular flexibility index (Phi) is 2.86. The Bertz CT molecular complexity index is 386. The molecule has 0 spiro atoms. The van der Waals surface area contributed by atoms with Gasteiger partial charge in [0, 0.05) is 11.1 Å². The fourth-order valence-corrected chi connectivity index (χ4v) is 1.10. The minimum atomic E-state index is 0.916. The topological polar surface area (TPSA) is 0 Å². The maximum atomic E-state index is 5.27. The zero-order valence-corrected chi connectivity index (χ0v) is 7.65. The number of benzene rings is 1. The van der Waals surface area contributed by atoms with Crippen molar-refractivity contribution in [2.24, 2.45) is 0 Å². The van der Waals surface area contributed by atoms with Crippen LogP contribution >= 0.6 is 12.6 Å². The van der Waals surface area contributed by atoms with Gasteiger partial charge in [-0.1, -0.05) is 24.5 Å². The maximum absolute atomic E-state index is 5.27. The summed E-state index contributed by atoms with van der Waals surface area (Å²) in [6.45, 7) is 1.97. The van der Waals surface area contributed by atoms with E-state index in [0.29, 0.717) is 0 Å². The number of thiol groups is 1. The molecule has 0 heterocycles. The van der Waals surface area contributed by atoms with E-state index in [9.17, 15) is 0 Å². The Hall–Kier alpha value is -1.31. The maximum Gasteiger partial charge on any atom is 0.0272 e. The van der Waals surface area contributed by atoms with Gasteiger partial charge in [0.15, 0.2) is 0 Å². The van der Waals surface area contributed by atoms with Crippen molar-refractivity contribution in [1.82, 2.24) is 0 Å². The van der Waals surface area contributed by atoms with Crippen molar-refractivity contribution < 1.29 is 0 Å². The number of rotatable bonds is 0. The van der Waals surface area contributed by atoms with Crippen molar-refractivity contribution in [3.63, 3.8) is 0 Å². The third kappa shape index (κ3) is 1.84. The lowest BCUT2D eigenvalue weighted by molar-refractivity contribution is 1.42. The molecule has 0 N–H and O–H groups in total. The van der Waals surface area contributed by atoms with Crippen LogP contribution in [0.2, 0.25) is 0 Å². The number of hydrogen-bond acceptors (Lipinski definition) is 1. The summed E-state index contributed by atoms with van der Waals surface area (Å²) >= 11 is 3.81. The summed E-state index contributed by atoms with van der Waals surface area (Å²) in [7, 11) is 0. The number of terminal acetylenes is 1. The molecule has 0 aliphatic rings. The highest BCUT2D eigenvalue weighted by atomic mass is 32.1. The van der Waals surface area contributed by atoms with E-state index < -0.39 is 0 Å². The van der Waals surface area contributed by atoms with Gasteiger partial charge in [-0.15, -0.1) is 6.42 Å². The van der Waals surface area contributed by atoms with E-state index in [4.69, 9.17) is 6.42 Å². The first kappa shape index (κ1) is 8.78. The Balaban J connectivity index is 3.18. The van der Waals surface area contributed by atoms with E-state index in [1.807, 2.05) is 25.1 Å². The largest absolute Gasteiger partial charge is 0.115 e. The number of hydrogen-bond donors (Lipinski definition) is 1. The van der Waals surface area contributed by atoms with Crippen molar-refractivity contribution in [3.8, 4) is 23.5 Å². The molecule has 58 valence electrons. The smallest absolute Gasteiger partial charge is 0.0272 e. The molecule has 0 fully saturated rings. The molecular weight excluding hydrogens is 164 g/mol. The van der Waals surface area contributed by atoms with Crippen molar-refractivity contribution in [2.75, 3.05) is 0 Å². The summed E-state index contributed by atoms with van der Waals surface area (Å²) in [6, 6.07) is 5.74. The molecule has 0 nitrogen and oxygen atoms in total. The van der Waals surface area contributed by atoms with Gasteiger partial charge >= 0.3 is 0 Å². The molecule has 0 aromatic heterocycles. The fourth-order valence-electron chi connectivity index (χ4n) is 0.968. The van der Waals surface area contributed by atoms with Crippen LogP contribution in [0.15, 0.2) is 18.2 Å². The predicted molar refractivity (Wildman–Crippen MR) is 55.0 cm³/mol. The van der Waals surface area contributed by atoms with Crippen LogP contribution in [0.3, 0.4) is 0 Å². The lowest BCUT2D eigenvalue weighted by Crippen LogP contribution is -1.83. The van der Waals surface area contributed by atoms with Gasteiger partial charge in [-0.3, -0.25) is 0 Å². The second-order valence-corrected chi connectivity index (χ2v) is 2.63. The van der Waals surface area contributed by atoms with Crippen LogP contribution in [0.5, 0.6) is 0 Å². The molecule has 0 amide bonds. The lowest BCUT2D eigenvalue weighted by atomic mass is 10.1. The van der Waals surface area contributed by atoms with Crippen LogP contribution in [0, 0.1) is 30.4 Å². The lowest BCUT2D eigenvalue weighted by Gasteiger charge is -1.97. The molecule has 0 aliphatic carbocycles. The second-order valence-electron chi connectivity index (χ2n) is 2.41. The first-order valence-electron chi connectivity index (χ1n) is 3.50. The average Bonchev–Trinajstić information content (AvgIpc) is 2.05. The quantitative estimate of drug-likeness (QED) is 0.450. The molecule has 1 aromatic carbocycles. The molecule has 1 aromatic rings. The van der Waals surface area contributed by atoms with Gasteiger partial charge in [-0.25, -0.2) is 0 Å². The molecule has 12 heavy (non-hydrogen) atoms. The molecule has 0 saturated heterocycles. The van der Waals surface area contributed by atoms with Crippen LogP contribution < -0.4 is 0 Å². The van der Waals surface area contributed by atoms with E-state index in [-0.39, 0.29) is 0 Å². The second kappa shape index (κ2) is 3.90. The predicted octanol–water partition coefficient (Wildman–Crippen LogP) is 2.22. The molecule has 1 heteroatoms. The molecule has 0 aliphatic heterocycles. The Morgan fingerprint density at radius 3 is 2.67 bits per heavy atom. The molecule has 1 rings (SSSR count). The molecule has 0 saturated carbocycles. The first-order chi connectivity index (χ1) is 5.77. The zero-order chi connectivity index (χ0) is 8.97. The third-order valence-corrected chi connectivity index (χ3v) is 1.69. The van der Waals surface area contributed by atoms with Crippen molar-refractivity contribution >= 4 is 12.6 Å². The van der Waals surface area contributed by atoms with Crippen molar-refractivity contribution in [2.45, 2.75) is 6.92 Å². The summed E-state index contributed by atoms with van der Waals surface area (Å²) in [5.74, 6) is 5.44. The summed E-state index contributed by atoms with van der Waals surface area (Å²) in [5, 5.41) is 2.54. The molecular formula is C11H8S. The van der Waals surface area contributed by atoms with Crippen LogP contribution in [0.4, 0.5) is 0 Å². The zero-order valence-electron chi connectivity index (χ0n) is 6.76. The number of aryl methyl sites for hydroxylation is 1. The Morgan fingerprint density at radius 1 is 1.42 bits per heavy atom. The Labute approximate surface area is 78.4 Å². The van der Waals surface area contributed by atoms with Crippen LogP contribution in [0.1, 0.15) is 16.7 Å². The van der Waals surface area contributed by atoms with E-state index in [0.717, 1.165) is 16.7 Å². The normalized spacial score (nSPS) is 8.08. The monoisotopic (exact) mass is 172 g/mol. The highest BCUT2D eigenvalue weighted by Gasteiger charge is 1.94. The van der Waals surface area contributed by atoms with E-state index >= 15 is 0 Å². The van der Waals surface area contributed by atoms with Crippen molar-refractivity contribution in [1.29, 1.82) is 0 Å². The molecule has 0 radical (unpaired) electrons. The molecule has 0 bridgehead atoms. The summed E-state index contributed by atoms with van der Waals surface area (Å²) in [5.41, 5.74) is 2.94. The SMILES string of the molecule is C#Cc1ccc(C#CS)cc1C. The first-order valence-corrected chi connectivity index (χ1v) is 3.95. The average molecular weight is 172 g/mol. The van der Waals surface area contributed by atoms with Crippen LogP contribution in [-0.2, 0) is 0 Å². The van der Waals surface area contributed by atoms with E-state index in [1.165, 1.54) is 0 Å². The van der Waals surface area contributed by atoms with Gasteiger partial charge in [0.05, 0.1) is 0 Å². The van der Waals surface area contributed by atoms with Crippen LogP contribution in [-0.4, -0.2) is 0 Å². The standard InChI is InChI=1S/C11H8S/c1-3-11-5-4-10(6-7-12)8-9(11)2/h1,4-5,8,12H,2H3. The molecule has 0 unspecified atom stereocenters. The van der Waals surface area contributed by atoms with E-state index in [1.54, 1.807) is 0 Å². The van der Waals surface area contributed by atoms with Gasteiger partial charge in [0.25, 0.3) is 0 Å². The fraction of sp³-hybridized carbons (Fsp3) is 0.0909. The van der Waals surface area contributed by atoms with Crippen molar-refractivity contribution in [3.05, 3.63) is 34.9 Å². The van der Waals surface area contributed by atoms with Gasteiger partial charge < -0.3 is 0 Å². The Morgan fingerprint density at radius 2 is 2.17 bits per heavy atom. The van der Waals surface area contributed by atoms with Gasteiger partial charge in [0.2, 0.25) is 0 Å². The van der Waals surface area contributed by atoms with E-state index in [2.05, 4.69) is 29.7 Å². The molecule has 0 atom stereocenters. The van der Waals surface area contributed by atoms with Crippen LogP contribution in [0.25, 0.3) is 0 Å². The highest BCUT2D eigenvalue weighted by molar-refractivity contribution is 7.85.